The number of oxazole rings is 1. The molecule has 8 heteroatoms. The van der Waals surface area contributed by atoms with Gasteiger partial charge in [0.05, 0.1) is 12.1 Å². The van der Waals surface area contributed by atoms with E-state index in [1.807, 2.05) is 0 Å². The van der Waals surface area contributed by atoms with Crippen LogP contribution in [0.1, 0.15) is 36.0 Å². The van der Waals surface area contributed by atoms with Crippen molar-refractivity contribution in [3.63, 3.8) is 0 Å². The lowest BCUT2D eigenvalue weighted by atomic mass is 9.98. The van der Waals surface area contributed by atoms with Crippen molar-refractivity contribution in [2.45, 2.75) is 25.2 Å². The Morgan fingerprint density at radius 1 is 1.13 bits per heavy atom. The van der Waals surface area contributed by atoms with E-state index in [-0.39, 0.29) is 30.0 Å². The van der Waals surface area contributed by atoms with E-state index >= 15 is 0 Å². The zero-order valence-electron chi connectivity index (χ0n) is 16.7. The van der Waals surface area contributed by atoms with E-state index in [9.17, 15) is 18.0 Å². The lowest BCUT2D eigenvalue weighted by molar-refractivity contribution is -0.134. The topological polar surface area (TPSA) is 55.6 Å². The number of amides is 1. The number of likely N-dealkylation sites (tertiary alicyclic amines) is 1. The molecule has 1 aromatic heterocycles. The van der Waals surface area contributed by atoms with Gasteiger partial charge in [-0.2, -0.15) is 0 Å². The number of carbonyl (C=O) groups is 1. The number of ether oxygens (including phenoxy) is 1. The fourth-order valence-corrected chi connectivity index (χ4v) is 3.62. The van der Waals surface area contributed by atoms with Crippen LogP contribution in [-0.4, -0.2) is 35.5 Å². The van der Waals surface area contributed by atoms with Gasteiger partial charge in [0.2, 0.25) is 0 Å². The fraction of sp³-hybridized carbons (Fsp3) is 0.304. The van der Waals surface area contributed by atoms with Gasteiger partial charge in [0, 0.05) is 25.6 Å². The number of nitrogens with zero attached hydrogens (tertiary/aromatic N) is 2. The maximum Gasteiger partial charge on any atom is 0.260 e. The van der Waals surface area contributed by atoms with Crippen LogP contribution in [0.3, 0.4) is 0 Å². The van der Waals surface area contributed by atoms with Crippen LogP contribution in [0.5, 0.6) is 5.75 Å². The summed E-state index contributed by atoms with van der Waals surface area (Å²) < 4.78 is 50.8. The molecular formula is C23H21F3N2O3. The maximum atomic E-state index is 13.7. The molecule has 5 nitrogen and oxygen atoms in total. The van der Waals surface area contributed by atoms with Crippen molar-refractivity contribution in [2.75, 3.05) is 19.7 Å². The van der Waals surface area contributed by atoms with Gasteiger partial charge in [-0.05, 0) is 42.7 Å². The second-order valence-corrected chi connectivity index (χ2v) is 7.51. The van der Waals surface area contributed by atoms with Gasteiger partial charge in [-0.15, -0.1) is 0 Å². The Hall–Kier alpha value is -3.29. The molecule has 1 aliphatic rings. The number of piperidine rings is 1. The highest BCUT2D eigenvalue weighted by atomic mass is 19.1. The van der Waals surface area contributed by atoms with Crippen molar-refractivity contribution in [3.8, 4) is 5.75 Å². The van der Waals surface area contributed by atoms with Crippen molar-refractivity contribution >= 4 is 5.91 Å². The highest BCUT2D eigenvalue weighted by Crippen LogP contribution is 2.27. The second kappa shape index (κ2) is 9.24. The van der Waals surface area contributed by atoms with Crippen LogP contribution >= 0.6 is 0 Å². The van der Waals surface area contributed by atoms with Gasteiger partial charge in [-0.25, -0.2) is 18.2 Å². The summed E-state index contributed by atoms with van der Waals surface area (Å²) in [4.78, 5) is 18.5. The lowest BCUT2D eigenvalue weighted by Crippen LogP contribution is -2.41. The van der Waals surface area contributed by atoms with Crippen molar-refractivity contribution in [2.24, 2.45) is 0 Å². The third-order valence-corrected chi connectivity index (χ3v) is 5.23. The van der Waals surface area contributed by atoms with E-state index < -0.39 is 11.6 Å². The van der Waals surface area contributed by atoms with Crippen LogP contribution in [0.4, 0.5) is 13.2 Å². The Balaban J connectivity index is 1.34. The fourth-order valence-electron chi connectivity index (χ4n) is 3.62. The maximum absolute atomic E-state index is 13.7. The molecule has 2 aromatic carbocycles. The van der Waals surface area contributed by atoms with Crippen molar-refractivity contribution in [1.29, 1.82) is 0 Å². The van der Waals surface area contributed by atoms with Crippen molar-refractivity contribution < 1.29 is 27.1 Å². The molecule has 3 aromatic rings. The molecule has 0 N–H and O–H groups in total. The predicted octanol–water partition coefficient (Wildman–Crippen LogP) is 4.47. The molecule has 1 fully saturated rings. The van der Waals surface area contributed by atoms with Gasteiger partial charge in [-0.3, -0.25) is 4.79 Å². The standard InChI is InChI=1S/C23H21F3N2O3/c24-17-5-3-15(4-6-17)10-19-12-27-23(31-19)16-2-1-9-28(13-16)22(29)14-30-21-8-7-18(25)11-20(21)26/h3-8,11-12,16H,1-2,9-10,13-14H2/t16-/m0/s1. The van der Waals surface area contributed by atoms with Crippen molar-refractivity contribution in [3.05, 3.63) is 83.3 Å². The van der Waals surface area contributed by atoms with Crippen LogP contribution in [0.2, 0.25) is 0 Å². The average molecular weight is 430 g/mol. The lowest BCUT2D eigenvalue weighted by Gasteiger charge is -2.31. The van der Waals surface area contributed by atoms with Gasteiger partial charge < -0.3 is 14.1 Å². The summed E-state index contributed by atoms with van der Waals surface area (Å²) in [6, 6.07) is 9.14. The van der Waals surface area contributed by atoms with E-state index in [0.29, 0.717) is 37.2 Å². The first-order chi connectivity index (χ1) is 15.0. The minimum Gasteiger partial charge on any atom is -0.481 e. The summed E-state index contributed by atoms with van der Waals surface area (Å²) in [6.07, 6.45) is 3.75. The molecule has 4 rings (SSSR count). The van der Waals surface area contributed by atoms with Crippen LogP contribution < -0.4 is 4.74 Å². The average Bonchev–Trinajstić information content (AvgIpc) is 3.23. The summed E-state index contributed by atoms with van der Waals surface area (Å²) in [5, 5.41) is 0. The van der Waals surface area contributed by atoms with E-state index in [4.69, 9.17) is 9.15 Å². The SMILES string of the molecule is O=C(COc1ccc(F)cc1F)N1CCC[C@H](c2ncc(Cc3ccc(F)cc3)o2)C1. The largest absolute Gasteiger partial charge is 0.481 e. The molecule has 2 heterocycles. The van der Waals surface area contributed by atoms with Crippen LogP contribution in [0, 0.1) is 17.5 Å². The summed E-state index contributed by atoms with van der Waals surface area (Å²) in [5.74, 6) is -1.13. The van der Waals surface area contributed by atoms with E-state index in [1.54, 1.807) is 23.2 Å². The van der Waals surface area contributed by atoms with Crippen molar-refractivity contribution in [1.82, 2.24) is 9.88 Å². The predicted molar refractivity (Wildman–Crippen MR) is 106 cm³/mol. The van der Waals surface area contributed by atoms with E-state index in [0.717, 1.165) is 30.5 Å². The van der Waals surface area contributed by atoms with Crippen LogP contribution in [-0.2, 0) is 11.2 Å². The van der Waals surface area contributed by atoms with Gasteiger partial charge in [0.1, 0.15) is 17.4 Å². The minimum absolute atomic E-state index is 0.0535. The number of hydrogen-bond acceptors (Lipinski definition) is 4. The number of benzene rings is 2. The first-order valence-corrected chi connectivity index (χ1v) is 10.0. The zero-order chi connectivity index (χ0) is 21.8. The smallest absolute Gasteiger partial charge is 0.260 e. The Morgan fingerprint density at radius 2 is 1.90 bits per heavy atom. The highest BCUT2D eigenvalue weighted by molar-refractivity contribution is 5.78. The summed E-state index contributed by atoms with van der Waals surface area (Å²) in [5.41, 5.74) is 0.912. The molecule has 1 aliphatic heterocycles. The Bertz CT molecular complexity index is 1050. The number of aromatic nitrogens is 1. The first-order valence-electron chi connectivity index (χ1n) is 10.0. The number of rotatable bonds is 6. The number of hydrogen-bond donors (Lipinski definition) is 0. The molecule has 0 unspecified atom stereocenters. The summed E-state index contributed by atoms with van der Waals surface area (Å²) in [7, 11) is 0. The molecule has 0 spiro atoms. The van der Waals surface area contributed by atoms with E-state index in [2.05, 4.69) is 4.98 Å². The molecule has 1 amide bonds. The minimum atomic E-state index is -0.849. The third kappa shape index (κ3) is 5.25. The Morgan fingerprint density at radius 3 is 2.68 bits per heavy atom. The summed E-state index contributed by atoms with van der Waals surface area (Å²) in [6.45, 7) is 0.648. The second-order valence-electron chi connectivity index (χ2n) is 7.51. The van der Waals surface area contributed by atoms with Gasteiger partial charge in [0.25, 0.3) is 5.91 Å². The quantitative estimate of drug-likeness (QED) is 0.579. The molecule has 1 atom stereocenters. The Kier molecular flexibility index (Phi) is 6.25. The van der Waals surface area contributed by atoms with Gasteiger partial charge in [-0.1, -0.05) is 12.1 Å². The third-order valence-electron chi connectivity index (χ3n) is 5.23. The van der Waals surface area contributed by atoms with Gasteiger partial charge >= 0.3 is 0 Å². The molecule has 162 valence electrons. The molecule has 31 heavy (non-hydrogen) atoms. The monoisotopic (exact) mass is 430 g/mol. The van der Waals surface area contributed by atoms with Crippen LogP contribution in [0.15, 0.2) is 53.1 Å². The highest BCUT2D eigenvalue weighted by Gasteiger charge is 2.28. The zero-order valence-corrected chi connectivity index (χ0v) is 16.7. The molecule has 1 saturated heterocycles. The molecule has 0 radical (unpaired) electrons. The molecule has 0 saturated carbocycles. The number of carbonyl (C=O) groups excluding carboxylic acids is 1. The summed E-state index contributed by atoms with van der Waals surface area (Å²) >= 11 is 0. The van der Waals surface area contributed by atoms with Crippen LogP contribution in [0.25, 0.3) is 0 Å². The molecule has 0 bridgehead atoms. The normalized spacial score (nSPS) is 16.4. The van der Waals surface area contributed by atoms with E-state index in [1.165, 1.54) is 12.1 Å². The first kappa shape index (κ1) is 21.0. The Labute approximate surface area is 177 Å². The molecule has 0 aliphatic carbocycles. The molecular weight excluding hydrogens is 409 g/mol. The van der Waals surface area contributed by atoms with Gasteiger partial charge in [0.15, 0.2) is 24.1 Å². The number of halogens is 3.